The normalized spacial score (nSPS) is 10.9. The zero-order valence-electron chi connectivity index (χ0n) is 10.9. The minimum absolute atomic E-state index is 0.632. The first-order chi connectivity index (χ1) is 8.04. The minimum Gasteiger partial charge on any atom is -0.326 e. The van der Waals surface area contributed by atoms with Gasteiger partial charge in [0.05, 0.1) is 0 Å². The third-order valence-electron chi connectivity index (χ3n) is 3.48. The maximum absolute atomic E-state index is 5.69. The Bertz CT molecular complexity index is 526. The summed E-state index contributed by atoms with van der Waals surface area (Å²) in [5, 5.41) is 0. The summed E-state index contributed by atoms with van der Waals surface area (Å²) < 4.78 is 0. The van der Waals surface area contributed by atoms with Crippen LogP contribution in [0, 0.1) is 27.7 Å². The highest BCUT2D eigenvalue weighted by atomic mass is 32.1. The monoisotopic (exact) mass is 245 g/mol. The van der Waals surface area contributed by atoms with E-state index in [1.54, 1.807) is 11.3 Å². The van der Waals surface area contributed by atoms with Crippen molar-refractivity contribution < 1.29 is 0 Å². The van der Waals surface area contributed by atoms with Crippen molar-refractivity contribution >= 4 is 11.3 Å². The lowest BCUT2D eigenvalue weighted by Crippen LogP contribution is -1.93. The van der Waals surface area contributed by atoms with Gasteiger partial charge in [0.1, 0.15) is 0 Å². The molecule has 1 nitrogen and oxygen atoms in total. The first-order valence-corrected chi connectivity index (χ1v) is 6.72. The van der Waals surface area contributed by atoms with E-state index in [4.69, 9.17) is 5.73 Å². The van der Waals surface area contributed by atoms with Crippen molar-refractivity contribution in [2.45, 2.75) is 34.2 Å². The van der Waals surface area contributed by atoms with Gasteiger partial charge in [0, 0.05) is 16.3 Å². The van der Waals surface area contributed by atoms with E-state index < -0.39 is 0 Å². The Hall–Kier alpha value is -1.12. The SMILES string of the molecule is Cc1cc(C)c(C)c(-c2ccc(CN)s2)c1C. The molecule has 1 aromatic carbocycles. The molecule has 0 aliphatic rings. The number of thiophene rings is 1. The van der Waals surface area contributed by atoms with Crippen molar-refractivity contribution in [3.8, 4) is 10.4 Å². The number of hydrogen-bond donors (Lipinski definition) is 1. The topological polar surface area (TPSA) is 26.0 Å². The molecule has 17 heavy (non-hydrogen) atoms. The van der Waals surface area contributed by atoms with Crippen LogP contribution in [0.3, 0.4) is 0 Å². The molecule has 0 spiro atoms. The molecule has 2 aromatic rings. The average molecular weight is 245 g/mol. The predicted molar refractivity (Wildman–Crippen MR) is 76.6 cm³/mol. The zero-order chi connectivity index (χ0) is 12.6. The van der Waals surface area contributed by atoms with Crippen LogP contribution in [-0.2, 0) is 6.54 Å². The molecule has 0 saturated carbocycles. The van der Waals surface area contributed by atoms with Gasteiger partial charge < -0.3 is 5.73 Å². The van der Waals surface area contributed by atoms with Crippen molar-refractivity contribution in [1.29, 1.82) is 0 Å². The number of hydrogen-bond acceptors (Lipinski definition) is 2. The van der Waals surface area contributed by atoms with Crippen LogP contribution in [0.5, 0.6) is 0 Å². The molecule has 0 amide bonds. The minimum atomic E-state index is 0.632. The van der Waals surface area contributed by atoms with E-state index in [9.17, 15) is 0 Å². The quantitative estimate of drug-likeness (QED) is 0.846. The highest BCUT2D eigenvalue weighted by Crippen LogP contribution is 2.35. The second-order valence-electron chi connectivity index (χ2n) is 4.61. The number of aryl methyl sites for hydroxylation is 2. The molecule has 1 heterocycles. The first kappa shape index (κ1) is 12.3. The van der Waals surface area contributed by atoms with E-state index in [2.05, 4.69) is 45.9 Å². The maximum atomic E-state index is 5.69. The van der Waals surface area contributed by atoms with E-state index in [1.807, 2.05) is 0 Å². The molecular weight excluding hydrogens is 226 g/mol. The fourth-order valence-corrected chi connectivity index (χ4v) is 3.25. The van der Waals surface area contributed by atoms with Crippen LogP contribution in [0.15, 0.2) is 18.2 Å². The van der Waals surface area contributed by atoms with Gasteiger partial charge in [-0.15, -0.1) is 11.3 Å². The van der Waals surface area contributed by atoms with Crippen molar-refractivity contribution in [3.63, 3.8) is 0 Å². The van der Waals surface area contributed by atoms with Crippen LogP contribution in [-0.4, -0.2) is 0 Å². The summed E-state index contributed by atoms with van der Waals surface area (Å²) in [6, 6.07) is 6.60. The fourth-order valence-electron chi connectivity index (χ4n) is 2.21. The van der Waals surface area contributed by atoms with Gasteiger partial charge in [-0.2, -0.15) is 0 Å². The van der Waals surface area contributed by atoms with Gasteiger partial charge in [-0.25, -0.2) is 0 Å². The molecule has 0 atom stereocenters. The van der Waals surface area contributed by atoms with Crippen molar-refractivity contribution in [2.24, 2.45) is 5.73 Å². The summed E-state index contributed by atoms with van der Waals surface area (Å²) in [4.78, 5) is 2.59. The van der Waals surface area contributed by atoms with Crippen LogP contribution in [0.25, 0.3) is 10.4 Å². The van der Waals surface area contributed by atoms with Crippen LogP contribution < -0.4 is 5.73 Å². The number of rotatable bonds is 2. The Morgan fingerprint density at radius 1 is 1.00 bits per heavy atom. The average Bonchev–Trinajstić information content (AvgIpc) is 2.75. The maximum Gasteiger partial charge on any atom is 0.0351 e. The lowest BCUT2D eigenvalue weighted by Gasteiger charge is -2.13. The third kappa shape index (κ3) is 2.15. The van der Waals surface area contributed by atoms with E-state index in [0.717, 1.165) is 0 Å². The van der Waals surface area contributed by atoms with Gasteiger partial charge in [-0.1, -0.05) is 6.07 Å². The molecule has 2 N–H and O–H groups in total. The van der Waals surface area contributed by atoms with Crippen molar-refractivity contribution in [3.05, 3.63) is 45.3 Å². The second-order valence-corrected chi connectivity index (χ2v) is 5.77. The van der Waals surface area contributed by atoms with Gasteiger partial charge in [0.25, 0.3) is 0 Å². The van der Waals surface area contributed by atoms with Gasteiger partial charge in [-0.3, -0.25) is 0 Å². The molecule has 0 bridgehead atoms. The molecule has 2 heteroatoms. The van der Waals surface area contributed by atoms with E-state index in [-0.39, 0.29) is 0 Å². The van der Waals surface area contributed by atoms with Crippen molar-refractivity contribution in [2.75, 3.05) is 0 Å². The third-order valence-corrected chi connectivity index (χ3v) is 4.60. The van der Waals surface area contributed by atoms with Crippen LogP contribution >= 0.6 is 11.3 Å². The zero-order valence-corrected chi connectivity index (χ0v) is 11.7. The second kappa shape index (κ2) is 4.63. The molecule has 0 radical (unpaired) electrons. The summed E-state index contributed by atoms with van der Waals surface area (Å²) in [5.74, 6) is 0. The Labute approximate surface area is 107 Å². The predicted octanol–water partition coefficient (Wildman–Crippen LogP) is 4.11. The van der Waals surface area contributed by atoms with Gasteiger partial charge in [0.15, 0.2) is 0 Å². The molecule has 0 fully saturated rings. The molecular formula is C15H19NS. The Balaban J connectivity index is 2.65. The molecule has 0 saturated heterocycles. The molecule has 0 aliphatic heterocycles. The van der Waals surface area contributed by atoms with Crippen LogP contribution in [0.1, 0.15) is 27.1 Å². The van der Waals surface area contributed by atoms with E-state index >= 15 is 0 Å². The smallest absolute Gasteiger partial charge is 0.0351 e. The summed E-state index contributed by atoms with van der Waals surface area (Å²) in [5.41, 5.74) is 12.6. The Morgan fingerprint density at radius 2 is 1.59 bits per heavy atom. The van der Waals surface area contributed by atoms with E-state index in [0.29, 0.717) is 6.54 Å². The lowest BCUT2D eigenvalue weighted by atomic mass is 9.93. The Morgan fingerprint density at radius 3 is 2.06 bits per heavy atom. The van der Waals surface area contributed by atoms with Crippen LogP contribution in [0.4, 0.5) is 0 Å². The molecule has 1 aromatic heterocycles. The molecule has 90 valence electrons. The summed E-state index contributed by atoms with van der Waals surface area (Å²) in [6.45, 7) is 9.41. The molecule has 2 rings (SSSR count). The Kier molecular flexibility index (Phi) is 3.36. The number of nitrogens with two attached hydrogens (primary N) is 1. The van der Waals surface area contributed by atoms with Gasteiger partial charge in [-0.05, 0) is 67.6 Å². The standard InChI is InChI=1S/C15H19NS/c1-9-7-10(2)12(4)15(11(9)3)14-6-5-13(8-16)17-14/h5-7H,8,16H2,1-4H3. The molecule has 0 unspecified atom stereocenters. The molecule has 0 aliphatic carbocycles. The fraction of sp³-hybridized carbons (Fsp3) is 0.333. The van der Waals surface area contributed by atoms with Crippen LogP contribution in [0.2, 0.25) is 0 Å². The lowest BCUT2D eigenvalue weighted by molar-refractivity contribution is 1.11. The van der Waals surface area contributed by atoms with Crippen molar-refractivity contribution in [1.82, 2.24) is 0 Å². The van der Waals surface area contributed by atoms with Gasteiger partial charge in [0.2, 0.25) is 0 Å². The largest absolute Gasteiger partial charge is 0.326 e. The number of benzene rings is 1. The highest BCUT2D eigenvalue weighted by Gasteiger charge is 2.12. The van der Waals surface area contributed by atoms with Gasteiger partial charge >= 0.3 is 0 Å². The summed E-state index contributed by atoms with van der Waals surface area (Å²) in [7, 11) is 0. The highest BCUT2D eigenvalue weighted by molar-refractivity contribution is 7.15. The summed E-state index contributed by atoms with van der Waals surface area (Å²) in [6.07, 6.45) is 0. The first-order valence-electron chi connectivity index (χ1n) is 5.91. The summed E-state index contributed by atoms with van der Waals surface area (Å²) >= 11 is 1.81. The van der Waals surface area contributed by atoms with E-state index in [1.165, 1.54) is 37.6 Å².